The molecular weight excluding hydrogens is 336 g/mol. The number of nitrogens with zero attached hydrogens (tertiary/aromatic N) is 1. The molecule has 2 aliphatic rings. The van der Waals surface area contributed by atoms with Gasteiger partial charge in [0.25, 0.3) is 0 Å². The van der Waals surface area contributed by atoms with Gasteiger partial charge in [-0.15, -0.1) is 0 Å². The Hall–Kier alpha value is -0.950. The molecule has 0 aliphatic carbocycles. The van der Waals surface area contributed by atoms with Crippen LogP contribution in [0.3, 0.4) is 0 Å². The molecule has 2 fully saturated rings. The molecule has 1 N–H and O–H groups in total. The molecule has 5 nitrogen and oxygen atoms in total. The van der Waals surface area contributed by atoms with Crippen molar-refractivity contribution in [2.75, 3.05) is 32.0 Å². The highest BCUT2D eigenvalue weighted by atomic mass is 32.2. The maximum absolute atomic E-state index is 11.6. The van der Waals surface area contributed by atoms with Crippen LogP contribution in [0.5, 0.6) is 0 Å². The van der Waals surface area contributed by atoms with Gasteiger partial charge in [0.05, 0.1) is 11.4 Å². The lowest BCUT2D eigenvalue weighted by atomic mass is 9.79. The number of aryl methyl sites for hydroxylation is 2. The first-order valence-corrected chi connectivity index (χ1v) is 10.9. The van der Waals surface area contributed by atoms with Gasteiger partial charge < -0.3 is 4.74 Å². The summed E-state index contributed by atoms with van der Waals surface area (Å²) in [7, 11) is -3.10. The number of hydrogen-bond donors (Lipinski definition) is 1. The molecule has 0 aromatic heterocycles. The summed E-state index contributed by atoms with van der Waals surface area (Å²) in [5, 5.41) is 0. The van der Waals surface area contributed by atoms with Crippen LogP contribution in [-0.4, -0.2) is 50.9 Å². The standard InChI is InChI=1S/C19H30N2O3S/c1-4-25(22,23)20-7-5-18-6-8-24-19(18)13-21(14-19)12-17-10-15(2)9-16(3)11-17/h9-11,18,20H,4-8,12-14H2,1-3H3/t18-/m0/s1. The van der Waals surface area contributed by atoms with Gasteiger partial charge in [0.1, 0.15) is 0 Å². The molecular formula is C19H30N2O3S. The maximum Gasteiger partial charge on any atom is 0.211 e. The molecule has 0 bridgehead atoms. The Morgan fingerprint density at radius 1 is 1.24 bits per heavy atom. The zero-order chi connectivity index (χ0) is 18.1. The summed E-state index contributed by atoms with van der Waals surface area (Å²) in [5.74, 6) is 0.589. The van der Waals surface area contributed by atoms with E-state index in [9.17, 15) is 8.42 Å². The van der Waals surface area contributed by atoms with E-state index in [2.05, 4.69) is 41.7 Å². The van der Waals surface area contributed by atoms with E-state index in [4.69, 9.17) is 4.74 Å². The van der Waals surface area contributed by atoms with Crippen LogP contribution >= 0.6 is 0 Å². The van der Waals surface area contributed by atoms with Gasteiger partial charge in [0, 0.05) is 32.8 Å². The number of sulfonamides is 1. The van der Waals surface area contributed by atoms with E-state index in [-0.39, 0.29) is 11.4 Å². The SMILES string of the molecule is CCS(=O)(=O)NCC[C@H]1CCOC12CN(Cc1cc(C)cc(C)c1)C2. The van der Waals surface area contributed by atoms with Gasteiger partial charge in [-0.05, 0) is 45.1 Å². The van der Waals surface area contributed by atoms with Crippen LogP contribution in [0.4, 0.5) is 0 Å². The first kappa shape index (κ1) is 18.8. The van der Waals surface area contributed by atoms with Crippen molar-refractivity contribution in [3.63, 3.8) is 0 Å². The lowest BCUT2D eigenvalue weighted by molar-refractivity contribution is -0.136. The summed E-state index contributed by atoms with van der Waals surface area (Å²) in [5.41, 5.74) is 3.92. The first-order chi connectivity index (χ1) is 11.8. The first-order valence-electron chi connectivity index (χ1n) is 9.23. The van der Waals surface area contributed by atoms with Crippen LogP contribution in [0, 0.1) is 19.8 Å². The zero-order valence-electron chi connectivity index (χ0n) is 15.5. The molecule has 1 atom stereocenters. The van der Waals surface area contributed by atoms with E-state index < -0.39 is 10.0 Å². The monoisotopic (exact) mass is 366 g/mol. The minimum Gasteiger partial charge on any atom is -0.372 e. The predicted octanol–water partition coefficient (Wildman–Crippen LogP) is 2.22. The predicted molar refractivity (Wildman–Crippen MR) is 100 cm³/mol. The number of likely N-dealkylation sites (tertiary alicyclic amines) is 1. The van der Waals surface area contributed by atoms with Crippen molar-refractivity contribution in [3.05, 3.63) is 34.9 Å². The Labute approximate surface area is 151 Å². The molecule has 1 spiro atoms. The quantitative estimate of drug-likeness (QED) is 0.804. The Bertz CT molecular complexity index is 691. The molecule has 2 saturated heterocycles. The van der Waals surface area contributed by atoms with Crippen molar-refractivity contribution in [3.8, 4) is 0 Å². The van der Waals surface area contributed by atoms with E-state index in [1.165, 1.54) is 16.7 Å². The fourth-order valence-electron chi connectivity index (χ4n) is 4.27. The molecule has 1 aromatic carbocycles. The smallest absolute Gasteiger partial charge is 0.211 e. The number of rotatable bonds is 7. The van der Waals surface area contributed by atoms with E-state index in [1.807, 2.05) is 0 Å². The topological polar surface area (TPSA) is 58.6 Å². The lowest BCUT2D eigenvalue weighted by Crippen LogP contribution is -2.64. The fraction of sp³-hybridized carbons (Fsp3) is 0.684. The molecule has 3 rings (SSSR count). The molecule has 6 heteroatoms. The van der Waals surface area contributed by atoms with Gasteiger partial charge in [-0.1, -0.05) is 29.3 Å². The highest BCUT2D eigenvalue weighted by Crippen LogP contribution is 2.42. The highest BCUT2D eigenvalue weighted by Gasteiger charge is 2.52. The van der Waals surface area contributed by atoms with Crippen molar-refractivity contribution < 1.29 is 13.2 Å². The van der Waals surface area contributed by atoms with E-state index in [0.29, 0.717) is 12.5 Å². The Morgan fingerprint density at radius 2 is 1.92 bits per heavy atom. The second kappa shape index (κ2) is 7.35. The van der Waals surface area contributed by atoms with Crippen LogP contribution in [0.15, 0.2) is 18.2 Å². The average molecular weight is 367 g/mol. The molecule has 1 aromatic rings. The third-order valence-corrected chi connectivity index (χ3v) is 6.87. The van der Waals surface area contributed by atoms with E-state index in [1.54, 1.807) is 6.92 Å². The maximum atomic E-state index is 11.6. The number of benzene rings is 1. The number of hydrogen-bond acceptors (Lipinski definition) is 4. The summed E-state index contributed by atoms with van der Waals surface area (Å²) < 4.78 is 31.9. The molecule has 0 amide bonds. The number of ether oxygens (including phenoxy) is 1. The highest BCUT2D eigenvalue weighted by molar-refractivity contribution is 7.89. The largest absolute Gasteiger partial charge is 0.372 e. The molecule has 2 heterocycles. The van der Waals surface area contributed by atoms with Crippen LogP contribution < -0.4 is 4.72 Å². The molecule has 0 radical (unpaired) electrons. The van der Waals surface area contributed by atoms with Crippen LogP contribution in [0.2, 0.25) is 0 Å². The van der Waals surface area contributed by atoms with Crippen molar-refractivity contribution in [1.29, 1.82) is 0 Å². The summed E-state index contributed by atoms with van der Waals surface area (Å²) in [6.07, 6.45) is 1.89. The third-order valence-electron chi connectivity index (χ3n) is 5.46. The minimum absolute atomic E-state index is 0.0590. The van der Waals surface area contributed by atoms with E-state index in [0.717, 1.165) is 39.1 Å². The average Bonchev–Trinajstić information content (AvgIpc) is 2.89. The Morgan fingerprint density at radius 3 is 2.56 bits per heavy atom. The summed E-state index contributed by atoms with van der Waals surface area (Å²) in [6, 6.07) is 6.71. The molecule has 2 aliphatic heterocycles. The fourth-order valence-corrected chi connectivity index (χ4v) is 4.91. The molecule has 25 heavy (non-hydrogen) atoms. The van der Waals surface area contributed by atoms with Gasteiger partial charge in [-0.3, -0.25) is 4.90 Å². The van der Waals surface area contributed by atoms with Gasteiger partial charge in [0.15, 0.2) is 0 Å². The summed E-state index contributed by atoms with van der Waals surface area (Å²) >= 11 is 0. The van der Waals surface area contributed by atoms with E-state index >= 15 is 0 Å². The van der Waals surface area contributed by atoms with Crippen LogP contribution in [-0.2, 0) is 21.3 Å². The second-order valence-electron chi connectivity index (χ2n) is 7.63. The summed E-state index contributed by atoms with van der Waals surface area (Å²) in [4.78, 5) is 2.43. The Kier molecular flexibility index (Phi) is 5.54. The minimum atomic E-state index is -3.10. The molecule has 0 unspecified atom stereocenters. The van der Waals surface area contributed by atoms with Gasteiger partial charge >= 0.3 is 0 Å². The Balaban J connectivity index is 1.52. The normalized spacial score (nSPS) is 23.1. The van der Waals surface area contributed by atoms with Crippen molar-refractivity contribution in [2.45, 2.75) is 45.8 Å². The van der Waals surface area contributed by atoms with Crippen LogP contribution in [0.1, 0.15) is 36.5 Å². The number of nitrogens with one attached hydrogen (secondary N) is 1. The van der Waals surface area contributed by atoms with Gasteiger partial charge in [-0.25, -0.2) is 13.1 Å². The van der Waals surface area contributed by atoms with Crippen molar-refractivity contribution >= 4 is 10.0 Å². The van der Waals surface area contributed by atoms with Crippen molar-refractivity contribution in [2.24, 2.45) is 5.92 Å². The molecule has 0 saturated carbocycles. The third kappa shape index (κ3) is 4.42. The zero-order valence-corrected chi connectivity index (χ0v) is 16.4. The van der Waals surface area contributed by atoms with Gasteiger partial charge in [0.2, 0.25) is 10.0 Å². The van der Waals surface area contributed by atoms with Crippen molar-refractivity contribution in [1.82, 2.24) is 9.62 Å². The second-order valence-corrected chi connectivity index (χ2v) is 9.72. The van der Waals surface area contributed by atoms with Crippen LogP contribution in [0.25, 0.3) is 0 Å². The molecule has 140 valence electrons. The summed E-state index contributed by atoms with van der Waals surface area (Å²) in [6.45, 7) is 10.1. The lowest BCUT2D eigenvalue weighted by Gasteiger charge is -2.50. The van der Waals surface area contributed by atoms with Gasteiger partial charge in [-0.2, -0.15) is 0 Å².